The van der Waals surface area contributed by atoms with E-state index in [1.165, 1.54) is 26.0 Å². The van der Waals surface area contributed by atoms with Crippen LogP contribution in [0, 0.1) is 5.82 Å². The van der Waals surface area contributed by atoms with Crippen LogP contribution in [0.3, 0.4) is 0 Å². The van der Waals surface area contributed by atoms with Gasteiger partial charge in [-0.15, -0.1) is 0 Å². The predicted octanol–water partition coefficient (Wildman–Crippen LogP) is 2.74. The van der Waals surface area contributed by atoms with Crippen LogP contribution in [0.25, 0.3) is 11.5 Å². The second-order valence-corrected chi connectivity index (χ2v) is 4.65. The number of ether oxygens (including phenoxy) is 1. The molecule has 1 aromatic heterocycles. The Kier molecular flexibility index (Phi) is 3.21. The molecular formula is C14H15FN2O2. The van der Waals surface area contributed by atoms with Crippen LogP contribution in [0.2, 0.25) is 0 Å². The smallest absolute Gasteiger partial charge is 0.226 e. The van der Waals surface area contributed by atoms with Crippen molar-refractivity contribution >= 4 is 0 Å². The summed E-state index contributed by atoms with van der Waals surface area (Å²) in [7, 11) is 1.43. The Labute approximate surface area is 110 Å². The van der Waals surface area contributed by atoms with Gasteiger partial charge in [0, 0.05) is 18.2 Å². The summed E-state index contributed by atoms with van der Waals surface area (Å²) in [6, 6.07) is 5.19. The number of nitrogens with one attached hydrogen (secondary N) is 1. The van der Waals surface area contributed by atoms with Crippen molar-refractivity contribution in [1.29, 1.82) is 0 Å². The van der Waals surface area contributed by atoms with Gasteiger partial charge in [0.05, 0.1) is 12.8 Å². The van der Waals surface area contributed by atoms with E-state index in [1.807, 2.05) is 0 Å². The van der Waals surface area contributed by atoms with Crippen molar-refractivity contribution in [3.05, 3.63) is 36.0 Å². The van der Waals surface area contributed by atoms with Gasteiger partial charge in [-0.2, -0.15) is 0 Å². The van der Waals surface area contributed by atoms with Crippen LogP contribution >= 0.6 is 0 Å². The SMILES string of the molecule is COc1cc(-c2nc(CNC3CC3)co2)ccc1F. The van der Waals surface area contributed by atoms with Crippen LogP contribution in [0.15, 0.2) is 28.9 Å². The molecule has 0 unspecified atom stereocenters. The third-order valence-corrected chi connectivity index (χ3v) is 3.10. The fourth-order valence-electron chi connectivity index (χ4n) is 1.85. The van der Waals surface area contributed by atoms with E-state index >= 15 is 0 Å². The molecule has 0 spiro atoms. The maximum absolute atomic E-state index is 13.3. The summed E-state index contributed by atoms with van der Waals surface area (Å²) < 4.78 is 23.7. The fourth-order valence-corrected chi connectivity index (χ4v) is 1.85. The van der Waals surface area contributed by atoms with Gasteiger partial charge in [0.25, 0.3) is 0 Å². The molecule has 0 radical (unpaired) electrons. The molecule has 0 saturated heterocycles. The van der Waals surface area contributed by atoms with E-state index < -0.39 is 5.82 Å². The molecule has 1 heterocycles. The highest BCUT2D eigenvalue weighted by molar-refractivity contribution is 5.56. The van der Waals surface area contributed by atoms with Crippen molar-refractivity contribution in [3.63, 3.8) is 0 Å². The van der Waals surface area contributed by atoms with Gasteiger partial charge in [-0.3, -0.25) is 0 Å². The molecular weight excluding hydrogens is 247 g/mol. The molecule has 0 aliphatic heterocycles. The summed E-state index contributed by atoms with van der Waals surface area (Å²) in [6.07, 6.45) is 4.10. The molecule has 1 saturated carbocycles. The van der Waals surface area contributed by atoms with Crippen LogP contribution in [-0.4, -0.2) is 18.1 Å². The first-order chi connectivity index (χ1) is 9.26. The number of hydrogen-bond acceptors (Lipinski definition) is 4. The van der Waals surface area contributed by atoms with E-state index in [9.17, 15) is 4.39 Å². The normalized spacial score (nSPS) is 14.6. The summed E-state index contributed by atoms with van der Waals surface area (Å²) >= 11 is 0. The van der Waals surface area contributed by atoms with Crippen LogP contribution in [0.5, 0.6) is 5.75 Å². The maximum Gasteiger partial charge on any atom is 0.226 e. The molecule has 1 fully saturated rings. The average molecular weight is 262 g/mol. The average Bonchev–Trinajstić information content (AvgIpc) is 3.14. The summed E-state index contributed by atoms with van der Waals surface area (Å²) in [6.45, 7) is 0.701. The minimum atomic E-state index is -0.395. The number of halogens is 1. The summed E-state index contributed by atoms with van der Waals surface area (Å²) in [5.74, 6) is 0.271. The van der Waals surface area contributed by atoms with Crippen molar-refractivity contribution in [2.45, 2.75) is 25.4 Å². The molecule has 3 rings (SSSR count). The van der Waals surface area contributed by atoms with Crippen molar-refractivity contribution in [2.24, 2.45) is 0 Å². The van der Waals surface area contributed by atoms with Gasteiger partial charge < -0.3 is 14.5 Å². The van der Waals surface area contributed by atoms with E-state index in [4.69, 9.17) is 9.15 Å². The molecule has 0 amide bonds. The van der Waals surface area contributed by atoms with Gasteiger partial charge >= 0.3 is 0 Å². The molecule has 0 atom stereocenters. The Morgan fingerprint density at radius 1 is 1.47 bits per heavy atom. The number of hydrogen-bond donors (Lipinski definition) is 1. The first-order valence-corrected chi connectivity index (χ1v) is 6.28. The van der Waals surface area contributed by atoms with E-state index in [2.05, 4.69) is 10.3 Å². The number of oxazole rings is 1. The van der Waals surface area contributed by atoms with Crippen molar-refractivity contribution in [2.75, 3.05) is 7.11 Å². The van der Waals surface area contributed by atoms with Gasteiger partial charge in [-0.1, -0.05) is 0 Å². The molecule has 19 heavy (non-hydrogen) atoms. The Morgan fingerprint density at radius 3 is 3.05 bits per heavy atom. The van der Waals surface area contributed by atoms with Gasteiger partial charge in [0.1, 0.15) is 6.26 Å². The summed E-state index contributed by atoms with van der Waals surface area (Å²) in [5.41, 5.74) is 1.56. The van der Waals surface area contributed by atoms with Crippen LogP contribution in [0.4, 0.5) is 4.39 Å². The van der Waals surface area contributed by atoms with Crippen molar-refractivity contribution in [3.8, 4) is 17.2 Å². The standard InChI is InChI=1S/C14H15FN2O2/c1-18-13-6-9(2-5-12(13)15)14-17-11(8-19-14)7-16-10-3-4-10/h2,5-6,8,10,16H,3-4,7H2,1H3. The molecule has 1 N–H and O–H groups in total. The summed E-state index contributed by atoms with van der Waals surface area (Å²) in [4.78, 5) is 4.38. The first-order valence-electron chi connectivity index (χ1n) is 6.28. The van der Waals surface area contributed by atoms with Gasteiger partial charge in [0.15, 0.2) is 11.6 Å². The molecule has 100 valence electrons. The molecule has 5 heteroatoms. The number of benzene rings is 1. The zero-order valence-corrected chi connectivity index (χ0v) is 10.6. The van der Waals surface area contributed by atoms with Crippen LogP contribution < -0.4 is 10.1 Å². The highest BCUT2D eigenvalue weighted by atomic mass is 19.1. The summed E-state index contributed by atoms with van der Waals surface area (Å²) in [5, 5.41) is 3.36. The van der Waals surface area contributed by atoms with E-state index in [0.29, 0.717) is 24.0 Å². The number of nitrogens with zero attached hydrogens (tertiary/aromatic N) is 1. The zero-order chi connectivity index (χ0) is 13.2. The molecule has 4 nitrogen and oxygen atoms in total. The highest BCUT2D eigenvalue weighted by Crippen LogP contribution is 2.26. The van der Waals surface area contributed by atoms with Gasteiger partial charge in [-0.05, 0) is 31.0 Å². The lowest BCUT2D eigenvalue weighted by atomic mass is 10.2. The highest BCUT2D eigenvalue weighted by Gasteiger charge is 2.20. The van der Waals surface area contributed by atoms with Crippen LogP contribution in [0.1, 0.15) is 18.5 Å². The number of methoxy groups -OCH3 is 1. The monoisotopic (exact) mass is 262 g/mol. The topological polar surface area (TPSA) is 47.3 Å². The number of aromatic nitrogens is 1. The Hall–Kier alpha value is -1.88. The van der Waals surface area contributed by atoms with Crippen LogP contribution in [-0.2, 0) is 6.54 Å². The van der Waals surface area contributed by atoms with Gasteiger partial charge in [0.2, 0.25) is 5.89 Å². The molecule has 1 aliphatic rings. The second-order valence-electron chi connectivity index (χ2n) is 4.65. The lowest BCUT2D eigenvalue weighted by molar-refractivity contribution is 0.386. The number of rotatable bonds is 5. The Morgan fingerprint density at radius 2 is 2.32 bits per heavy atom. The lowest BCUT2D eigenvalue weighted by Crippen LogP contribution is -2.15. The first kappa shape index (κ1) is 12.2. The van der Waals surface area contributed by atoms with E-state index in [1.54, 1.807) is 18.4 Å². The second kappa shape index (κ2) is 5.01. The third-order valence-electron chi connectivity index (χ3n) is 3.10. The molecule has 1 aromatic carbocycles. The van der Waals surface area contributed by atoms with Gasteiger partial charge in [-0.25, -0.2) is 9.37 Å². The largest absolute Gasteiger partial charge is 0.494 e. The lowest BCUT2D eigenvalue weighted by Gasteiger charge is -2.02. The Balaban J connectivity index is 1.77. The van der Waals surface area contributed by atoms with Crippen molar-refractivity contribution in [1.82, 2.24) is 10.3 Å². The molecule has 1 aliphatic carbocycles. The van der Waals surface area contributed by atoms with E-state index in [0.717, 1.165) is 5.69 Å². The molecule has 0 bridgehead atoms. The minimum Gasteiger partial charge on any atom is -0.494 e. The third kappa shape index (κ3) is 2.76. The zero-order valence-electron chi connectivity index (χ0n) is 10.6. The molecule has 2 aromatic rings. The Bertz CT molecular complexity index is 579. The van der Waals surface area contributed by atoms with E-state index in [-0.39, 0.29) is 5.75 Å². The maximum atomic E-state index is 13.3. The predicted molar refractivity (Wildman–Crippen MR) is 68.3 cm³/mol. The fraction of sp³-hybridized carbons (Fsp3) is 0.357. The van der Waals surface area contributed by atoms with Crippen molar-refractivity contribution < 1.29 is 13.5 Å². The quantitative estimate of drug-likeness (QED) is 0.900. The minimum absolute atomic E-state index is 0.188.